The standard InChI is InChI=1S/C29H28N2O4/c1-3-4-5-6-7-10-15-31-20-12-9-8-11-18(20)22-24-25(29(33)30-28(24)32)23-19-16-17(34-2)13-14-21(19)35-27(23)26(22)31/h8-9,11-14,16H,3-7,10,15H2,1-2H3,(H,30,32,33). The number of rotatable bonds is 8. The number of aromatic nitrogens is 1. The summed E-state index contributed by atoms with van der Waals surface area (Å²) in [6.07, 6.45) is 7.17. The smallest absolute Gasteiger partial charge is 0.259 e. The molecule has 2 amide bonds. The van der Waals surface area contributed by atoms with Gasteiger partial charge in [0.05, 0.1) is 23.8 Å². The van der Waals surface area contributed by atoms with Crippen molar-refractivity contribution in [2.24, 2.45) is 0 Å². The van der Waals surface area contributed by atoms with Gasteiger partial charge in [-0.3, -0.25) is 14.9 Å². The molecule has 0 unspecified atom stereocenters. The number of carbonyl (C=O) groups excluding carboxylic acids is 2. The molecule has 0 bridgehead atoms. The van der Waals surface area contributed by atoms with Gasteiger partial charge in [-0.2, -0.15) is 0 Å². The minimum Gasteiger partial charge on any atom is -0.497 e. The first kappa shape index (κ1) is 21.7. The quantitative estimate of drug-likeness (QED) is 0.198. The van der Waals surface area contributed by atoms with E-state index in [0.29, 0.717) is 33.4 Å². The molecule has 6 nitrogen and oxygen atoms in total. The number of hydrogen-bond acceptors (Lipinski definition) is 4. The predicted octanol–water partition coefficient (Wildman–Crippen LogP) is 6.95. The van der Waals surface area contributed by atoms with E-state index in [0.717, 1.165) is 46.6 Å². The molecule has 35 heavy (non-hydrogen) atoms. The van der Waals surface area contributed by atoms with Crippen LogP contribution in [0.5, 0.6) is 5.75 Å². The number of hydrogen-bond donors (Lipinski definition) is 1. The van der Waals surface area contributed by atoms with Crippen LogP contribution in [0.3, 0.4) is 0 Å². The van der Waals surface area contributed by atoms with Crippen LogP contribution in [0.25, 0.3) is 43.7 Å². The van der Waals surface area contributed by atoms with Gasteiger partial charge in [0, 0.05) is 33.6 Å². The number of unbranched alkanes of at least 4 members (excludes halogenated alkanes) is 5. The van der Waals surface area contributed by atoms with Gasteiger partial charge in [-0.05, 0) is 30.7 Å². The van der Waals surface area contributed by atoms with E-state index in [-0.39, 0.29) is 11.8 Å². The van der Waals surface area contributed by atoms with E-state index in [1.54, 1.807) is 7.11 Å². The van der Waals surface area contributed by atoms with Crippen molar-refractivity contribution < 1.29 is 18.7 Å². The van der Waals surface area contributed by atoms with Gasteiger partial charge < -0.3 is 13.7 Å². The van der Waals surface area contributed by atoms with Crippen molar-refractivity contribution in [1.29, 1.82) is 0 Å². The number of amides is 2. The first-order chi connectivity index (χ1) is 17.1. The number of carbonyl (C=O) groups is 2. The Hall–Kier alpha value is -3.80. The molecule has 0 fully saturated rings. The highest BCUT2D eigenvalue weighted by Gasteiger charge is 2.36. The Labute approximate surface area is 202 Å². The fraction of sp³-hybridized carbons (Fsp3) is 0.310. The van der Waals surface area contributed by atoms with E-state index in [4.69, 9.17) is 9.15 Å². The Balaban J connectivity index is 1.67. The van der Waals surface area contributed by atoms with E-state index in [1.807, 2.05) is 36.4 Å². The summed E-state index contributed by atoms with van der Waals surface area (Å²) in [5.74, 6) is -0.0572. The van der Waals surface area contributed by atoms with Gasteiger partial charge in [0.15, 0.2) is 5.58 Å². The third kappa shape index (κ3) is 3.23. The van der Waals surface area contributed by atoms with Gasteiger partial charge >= 0.3 is 0 Å². The van der Waals surface area contributed by atoms with Gasteiger partial charge in [0.25, 0.3) is 11.8 Å². The summed E-state index contributed by atoms with van der Waals surface area (Å²) in [5, 5.41) is 5.75. The lowest BCUT2D eigenvalue weighted by Crippen LogP contribution is -2.20. The van der Waals surface area contributed by atoms with E-state index in [1.165, 1.54) is 25.7 Å². The molecule has 1 aliphatic heterocycles. The highest BCUT2D eigenvalue weighted by atomic mass is 16.5. The Morgan fingerprint density at radius 2 is 1.63 bits per heavy atom. The van der Waals surface area contributed by atoms with Crippen molar-refractivity contribution in [3.05, 3.63) is 53.6 Å². The molecule has 6 heteroatoms. The summed E-state index contributed by atoms with van der Waals surface area (Å²) in [6, 6.07) is 13.7. The number of nitrogens with one attached hydrogen (secondary N) is 1. The maximum atomic E-state index is 13.1. The molecule has 3 heterocycles. The number of methoxy groups -OCH3 is 1. The maximum Gasteiger partial charge on any atom is 0.259 e. The molecule has 1 aliphatic rings. The lowest BCUT2D eigenvalue weighted by molar-refractivity contribution is 0.0880. The van der Waals surface area contributed by atoms with E-state index >= 15 is 0 Å². The fourth-order valence-electron chi connectivity index (χ4n) is 5.63. The molecule has 0 saturated carbocycles. The van der Waals surface area contributed by atoms with Crippen LogP contribution in [0.15, 0.2) is 46.9 Å². The van der Waals surface area contributed by atoms with Crippen molar-refractivity contribution in [3.63, 3.8) is 0 Å². The number of furan rings is 1. The summed E-state index contributed by atoms with van der Waals surface area (Å²) in [4.78, 5) is 26.2. The minimum atomic E-state index is -0.379. The van der Waals surface area contributed by atoms with E-state index in [2.05, 4.69) is 22.9 Å². The van der Waals surface area contributed by atoms with Crippen LogP contribution in [0, 0.1) is 0 Å². The molecule has 0 spiro atoms. The Morgan fingerprint density at radius 1 is 0.886 bits per heavy atom. The summed E-state index contributed by atoms with van der Waals surface area (Å²) in [5.41, 5.74) is 4.09. The molecule has 3 aromatic carbocycles. The molecule has 0 aliphatic carbocycles. The van der Waals surface area contributed by atoms with Crippen molar-refractivity contribution in [2.75, 3.05) is 7.11 Å². The number of fused-ring (bicyclic) bond motifs is 10. The van der Waals surface area contributed by atoms with Crippen LogP contribution < -0.4 is 10.1 Å². The minimum absolute atomic E-state index is 0.350. The molecule has 178 valence electrons. The Bertz CT molecular complexity index is 1640. The average Bonchev–Trinajstić information content (AvgIpc) is 3.50. The highest BCUT2D eigenvalue weighted by Crippen LogP contribution is 2.45. The molecule has 6 rings (SSSR count). The molecular weight excluding hydrogens is 440 g/mol. The van der Waals surface area contributed by atoms with Gasteiger partial charge in [-0.1, -0.05) is 57.2 Å². The summed E-state index contributed by atoms with van der Waals surface area (Å²) in [7, 11) is 1.61. The molecule has 5 aromatic rings. The lowest BCUT2D eigenvalue weighted by atomic mass is 9.97. The van der Waals surface area contributed by atoms with Crippen LogP contribution in [-0.4, -0.2) is 23.5 Å². The number of nitrogens with zero attached hydrogens (tertiary/aromatic N) is 1. The van der Waals surface area contributed by atoms with Crippen molar-refractivity contribution >= 4 is 55.6 Å². The zero-order valence-corrected chi connectivity index (χ0v) is 20.1. The molecular formula is C29H28N2O4. The monoisotopic (exact) mass is 468 g/mol. The predicted molar refractivity (Wildman–Crippen MR) is 138 cm³/mol. The third-order valence-electron chi connectivity index (χ3n) is 7.25. The zero-order chi connectivity index (χ0) is 24.1. The zero-order valence-electron chi connectivity index (χ0n) is 20.1. The van der Waals surface area contributed by atoms with Gasteiger partial charge in [-0.25, -0.2) is 0 Å². The third-order valence-corrected chi connectivity index (χ3v) is 7.25. The summed E-state index contributed by atoms with van der Waals surface area (Å²) in [6.45, 7) is 3.05. The number of ether oxygens (including phenoxy) is 1. The van der Waals surface area contributed by atoms with Crippen LogP contribution in [0.2, 0.25) is 0 Å². The Kier molecular flexibility index (Phi) is 5.24. The summed E-state index contributed by atoms with van der Waals surface area (Å²) >= 11 is 0. The second-order valence-corrected chi connectivity index (χ2v) is 9.36. The van der Waals surface area contributed by atoms with Gasteiger partial charge in [0.1, 0.15) is 11.3 Å². The second kappa shape index (κ2) is 8.45. The number of aryl methyl sites for hydroxylation is 1. The molecule has 2 aromatic heterocycles. The van der Waals surface area contributed by atoms with Crippen LogP contribution in [0.1, 0.15) is 66.2 Å². The molecule has 0 radical (unpaired) electrons. The van der Waals surface area contributed by atoms with Crippen LogP contribution in [-0.2, 0) is 6.54 Å². The average molecular weight is 469 g/mol. The first-order valence-corrected chi connectivity index (χ1v) is 12.5. The SMILES string of the molecule is CCCCCCCCn1c2ccccc2c2c3c(c4c5cc(OC)ccc5oc4c21)C(=O)NC3=O. The molecule has 1 N–H and O–H groups in total. The van der Waals surface area contributed by atoms with Gasteiger partial charge in [0.2, 0.25) is 0 Å². The maximum absolute atomic E-state index is 13.1. The van der Waals surface area contributed by atoms with E-state index in [9.17, 15) is 9.59 Å². The number of para-hydroxylation sites is 1. The van der Waals surface area contributed by atoms with Crippen LogP contribution in [0.4, 0.5) is 0 Å². The Morgan fingerprint density at radius 3 is 2.43 bits per heavy atom. The van der Waals surface area contributed by atoms with Crippen molar-refractivity contribution in [3.8, 4) is 5.75 Å². The van der Waals surface area contributed by atoms with Crippen molar-refractivity contribution in [1.82, 2.24) is 9.88 Å². The number of benzene rings is 3. The molecule has 0 atom stereocenters. The number of imide groups is 1. The first-order valence-electron chi connectivity index (χ1n) is 12.5. The largest absolute Gasteiger partial charge is 0.497 e. The summed E-state index contributed by atoms with van der Waals surface area (Å²) < 4.78 is 14.2. The topological polar surface area (TPSA) is 73.5 Å². The van der Waals surface area contributed by atoms with Gasteiger partial charge in [-0.15, -0.1) is 0 Å². The molecule has 0 saturated heterocycles. The van der Waals surface area contributed by atoms with Crippen LogP contribution >= 0.6 is 0 Å². The normalized spacial score (nSPS) is 13.4. The van der Waals surface area contributed by atoms with Crippen molar-refractivity contribution in [2.45, 2.75) is 52.0 Å². The lowest BCUT2D eigenvalue weighted by Gasteiger charge is -2.09. The van der Waals surface area contributed by atoms with E-state index < -0.39 is 0 Å². The fourth-order valence-corrected chi connectivity index (χ4v) is 5.63. The highest BCUT2D eigenvalue weighted by molar-refractivity contribution is 6.38. The second-order valence-electron chi connectivity index (χ2n) is 9.36.